The lowest BCUT2D eigenvalue weighted by Gasteiger charge is -2.33. The van der Waals surface area contributed by atoms with Gasteiger partial charge in [-0.2, -0.15) is 0 Å². The lowest BCUT2D eigenvalue weighted by Crippen LogP contribution is -2.42. The molecule has 2 aromatic rings. The van der Waals surface area contributed by atoms with Gasteiger partial charge in [0.15, 0.2) is 0 Å². The van der Waals surface area contributed by atoms with E-state index in [1.165, 1.54) is 0 Å². The van der Waals surface area contributed by atoms with Gasteiger partial charge >= 0.3 is 0 Å². The molecule has 1 aliphatic heterocycles. The van der Waals surface area contributed by atoms with Crippen molar-refractivity contribution in [2.24, 2.45) is 0 Å². The van der Waals surface area contributed by atoms with E-state index in [-0.39, 0.29) is 11.9 Å². The number of carbonyl (C=O) groups excluding carboxylic acids is 1. The number of pyridine rings is 1. The number of carbonyl (C=O) groups is 1. The number of aromatic nitrogens is 1. The van der Waals surface area contributed by atoms with Crippen molar-refractivity contribution >= 4 is 5.91 Å². The van der Waals surface area contributed by atoms with Crippen LogP contribution in [0, 0.1) is 0 Å². The number of amides is 1. The molecule has 3 rings (SSSR count). The number of nitrogens with zero attached hydrogens (tertiary/aromatic N) is 2. The van der Waals surface area contributed by atoms with E-state index in [4.69, 9.17) is 0 Å². The van der Waals surface area contributed by atoms with Gasteiger partial charge in [0.1, 0.15) is 5.82 Å². The van der Waals surface area contributed by atoms with E-state index in [0.717, 1.165) is 22.5 Å². The zero-order chi connectivity index (χ0) is 15.5. The second-order valence-corrected chi connectivity index (χ2v) is 5.39. The quantitative estimate of drug-likeness (QED) is 0.925. The van der Waals surface area contributed by atoms with Gasteiger partial charge < -0.3 is 10.2 Å². The summed E-state index contributed by atoms with van der Waals surface area (Å²) in [4.78, 5) is 18.0. The Labute approximate surface area is 130 Å². The van der Waals surface area contributed by atoms with Gasteiger partial charge in [0.25, 0.3) is 0 Å². The van der Waals surface area contributed by atoms with Crippen LogP contribution < -0.4 is 5.32 Å². The highest BCUT2D eigenvalue weighted by atomic mass is 16.2. The van der Waals surface area contributed by atoms with Crippen molar-refractivity contribution in [3.8, 4) is 11.1 Å². The molecule has 1 fully saturated rings. The second kappa shape index (κ2) is 6.02. The minimum atomic E-state index is 0.00604. The van der Waals surface area contributed by atoms with Gasteiger partial charge in [-0.1, -0.05) is 24.3 Å². The number of hydrogen-bond donors (Lipinski definition) is 1. The molecule has 22 heavy (non-hydrogen) atoms. The first kappa shape index (κ1) is 14.3. The van der Waals surface area contributed by atoms with Crippen LogP contribution >= 0.6 is 0 Å². The van der Waals surface area contributed by atoms with Crippen molar-refractivity contribution in [1.29, 1.82) is 0 Å². The lowest BCUT2D eigenvalue weighted by atomic mass is 9.97. The Kier molecular flexibility index (Phi) is 3.92. The molecule has 0 aliphatic carbocycles. The Morgan fingerprint density at radius 2 is 2.09 bits per heavy atom. The van der Waals surface area contributed by atoms with Crippen LogP contribution in [0.1, 0.15) is 24.9 Å². The third-order valence-electron chi connectivity index (χ3n) is 3.99. The van der Waals surface area contributed by atoms with Gasteiger partial charge in [0, 0.05) is 19.4 Å². The highest BCUT2D eigenvalue weighted by Gasteiger charge is 2.27. The van der Waals surface area contributed by atoms with Crippen molar-refractivity contribution in [2.75, 3.05) is 7.05 Å². The van der Waals surface area contributed by atoms with Crippen molar-refractivity contribution in [3.63, 3.8) is 0 Å². The molecule has 4 heteroatoms. The molecule has 1 aromatic carbocycles. The summed E-state index contributed by atoms with van der Waals surface area (Å²) < 4.78 is 0. The Morgan fingerprint density at radius 3 is 2.82 bits per heavy atom. The Hall–Kier alpha value is -2.62. The van der Waals surface area contributed by atoms with Gasteiger partial charge in [-0.25, -0.2) is 0 Å². The number of nitrogens with one attached hydrogen (secondary N) is 1. The molecule has 0 radical (unpaired) electrons. The van der Waals surface area contributed by atoms with E-state index >= 15 is 0 Å². The molecule has 1 unspecified atom stereocenters. The van der Waals surface area contributed by atoms with Crippen LogP contribution in [0.2, 0.25) is 0 Å². The van der Waals surface area contributed by atoms with Crippen molar-refractivity contribution in [2.45, 2.75) is 19.4 Å². The summed E-state index contributed by atoms with van der Waals surface area (Å²) in [6.45, 7) is 1.93. The zero-order valence-corrected chi connectivity index (χ0v) is 12.8. The van der Waals surface area contributed by atoms with Crippen LogP contribution in [0.25, 0.3) is 11.1 Å². The fraction of sp³-hybridized carbons (Fsp3) is 0.222. The molecule has 112 valence electrons. The number of allylic oxidation sites excluding steroid dienone is 1. The topological polar surface area (TPSA) is 45.2 Å². The van der Waals surface area contributed by atoms with Crippen molar-refractivity contribution < 1.29 is 4.79 Å². The summed E-state index contributed by atoms with van der Waals surface area (Å²) in [7, 11) is 1.80. The van der Waals surface area contributed by atoms with Crippen LogP contribution in [0.5, 0.6) is 0 Å². The summed E-state index contributed by atoms with van der Waals surface area (Å²) >= 11 is 0. The van der Waals surface area contributed by atoms with Gasteiger partial charge in [0.05, 0.1) is 12.5 Å². The summed E-state index contributed by atoms with van der Waals surface area (Å²) in [5.41, 5.74) is 3.30. The molecule has 1 N–H and O–H groups in total. The summed E-state index contributed by atoms with van der Waals surface area (Å²) in [6, 6.07) is 12.2. The Morgan fingerprint density at radius 1 is 1.27 bits per heavy atom. The highest BCUT2D eigenvalue weighted by Crippen LogP contribution is 2.28. The lowest BCUT2D eigenvalue weighted by molar-refractivity contribution is -0.130. The molecule has 1 atom stereocenters. The maximum absolute atomic E-state index is 12.1. The maximum Gasteiger partial charge on any atom is 0.230 e. The largest absolute Gasteiger partial charge is 0.364 e. The first-order valence-electron chi connectivity index (χ1n) is 7.39. The average Bonchev–Trinajstić information content (AvgIpc) is 2.58. The molecule has 0 bridgehead atoms. The maximum atomic E-state index is 12.1. The first-order valence-corrected chi connectivity index (χ1v) is 7.39. The molecule has 0 saturated carbocycles. The summed E-state index contributed by atoms with van der Waals surface area (Å²) in [5.74, 6) is 0.983. The fourth-order valence-electron chi connectivity index (χ4n) is 2.72. The minimum Gasteiger partial charge on any atom is -0.364 e. The number of rotatable bonds is 2. The SMILES string of the molecule is C/C=C1/NC(c2cccc(-c3cccnc3)c2)CC(=O)N1C. The van der Waals surface area contributed by atoms with E-state index in [1.54, 1.807) is 18.1 Å². The highest BCUT2D eigenvalue weighted by molar-refractivity contribution is 5.80. The van der Waals surface area contributed by atoms with E-state index in [9.17, 15) is 4.79 Å². The van der Waals surface area contributed by atoms with E-state index in [1.807, 2.05) is 37.4 Å². The molecule has 0 spiro atoms. The number of benzene rings is 1. The van der Waals surface area contributed by atoms with Crippen molar-refractivity contribution in [3.05, 3.63) is 66.3 Å². The summed E-state index contributed by atoms with van der Waals surface area (Å²) in [6.07, 6.45) is 6.01. The number of hydrogen-bond acceptors (Lipinski definition) is 3. The van der Waals surface area contributed by atoms with E-state index < -0.39 is 0 Å². The molecule has 2 heterocycles. The van der Waals surface area contributed by atoms with Crippen LogP contribution in [-0.2, 0) is 4.79 Å². The predicted octanol–water partition coefficient (Wildman–Crippen LogP) is 3.10. The third kappa shape index (κ3) is 2.72. The predicted molar refractivity (Wildman–Crippen MR) is 86.7 cm³/mol. The molecule has 1 aliphatic rings. The van der Waals surface area contributed by atoms with Crippen LogP contribution in [-0.4, -0.2) is 22.8 Å². The fourth-order valence-corrected chi connectivity index (χ4v) is 2.72. The van der Waals surface area contributed by atoms with Crippen molar-refractivity contribution in [1.82, 2.24) is 15.2 Å². The zero-order valence-electron chi connectivity index (χ0n) is 12.8. The molecular formula is C18H19N3O. The standard InChI is InChI=1S/C18H19N3O/c1-3-17-20-16(11-18(22)21(17)2)14-7-4-6-13(10-14)15-8-5-9-19-12-15/h3-10,12,16,20H,11H2,1-2H3/b17-3-. The van der Waals surface area contributed by atoms with E-state index in [0.29, 0.717) is 6.42 Å². The first-order chi connectivity index (χ1) is 10.7. The molecule has 4 nitrogen and oxygen atoms in total. The van der Waals surface area contributed by atoms with Gasteiger partial charge in [-0.05, 0) is 41.8 Å². The van der Waals surface area contributed by atoms with Crippen LogP contribution in [0.3, 0.4) is 0 Å². The van der Waals surface area contributed by atoms with Crippen LogP contribution in [0.15, 0.2) is 60.7 Å². The molecule has 1 amide bonds. The third-order valence-corrected chi connectivity index (χ3v) is 3.99. The summed E-state index contributed by atoms with van der Waals surface area (Å²) in [5, 5.41) is 3.43. The Balaban J connectivity index is 1.91. The minimum absolute atomic E-state index is 0.00604. The van der Waals surface area contributed by atoms with E-state index in [2.05, 4.69) is 28.5 Å². The van der Waals surface area contributed by atoms with Gasteiger partial charge in [-0.3, -0.25) is 9.78 Å². The second-order valence-electron chi connectivity index (χ2n) is 5.39. The van der Waals surface area contributed by atoms with Crippen LogP contribution in [0.4, 0.5) is 0 Å². The normalized spacial score (nSPS) is 20.1. The molecular weight excluding hydrogens is 274 g/mol. The molecule has 1 aromatic heterocycles. The average molecular weight is 293 g/mol. The smallest absolute Gasteiger partial charge is 0.230 e. The monoisotopic (exact) mass is 293 g/mol. The Bertz CT molecular complexity index is 709. The van der Waals surface area contributed by atoms with Gasteiger partial charge in [-0.15, -0.1) is 0 Å². The molecule has 1 saturated heterocycles. The van der Waals surface area contributed by atoms with Gasteiger partial charge in [0.2, 0.25) is 5.91 Å².